The second-order valence-corrected chi connectivity index (χ2v) is 28.1. The van der Waals surface area contributed by atoms with E-state index >= 15 is 0 Å². The average Bonchev–Trinajstić information content (AvgIpc) is 0.820. The van der Waals surface area contributed by atoms with Gasteiger partial charge in [0.25, 0.3) is 0 Å². The van der Waals surface area contributed by atoms with Gasteiger partial charge >= 0.3 is 18.0 Å². The fourth-order valence-electron chi connectivity index (χ4n) is 12.4. The first-order valence-electron chi connectivity index (χ1n) is 40.6. The van der Waals surface area contributed by atoms with Crippen molar-refractivity contribution in [2.75, 3.05) is 39.3 Å². The van der Waals surface area contributed by atoms with Crippen LogP contribution in [0.4, 0.5) is 0 Å². The summed E-state index contributed by atoms with van der Waals surface area (Å²) < 4.78 is 18.4. The summed E-state index contributed by atoms with van der Waals surface area (Å²) in [6.45, 7) is 4.36. The van der Waals surface area contributed by atoms with E-state index in [0.717, 1.165) is 49.5 Å². The Morgan fingerprint density at radius 2 is 0.424 bits per heavy atom. The zero-order valence-electron chi connectivity index (χ0n) is 70.5. The fraction of sp³-hybridized carbons (Fsp3) is 0.0882. The normalized spacial score (nSPS) is 11.3. The van der Waals surface area contributed by atoms with Crippen LogP contribution in [-0.4, -0.2) is 171 Å². The summed E-state index contributed by atoms with van der Waals surface area (Å²) in [5.41, 5.74) is 11.1. The van der Waals surface area contributed by atoms with E-state index in [1.54, 1.807) is 238 Å². The number of aromatic hydroxyl groups is 9. The molecule has 0 aliphatic heterocycles. The molecule has 0 unspecified atom stereocenters. The number of nitrogens with zero attached hydrogens (tertiary/aromatic N) is 15. The molecule has 30 heteroatoms. The summed E-state index contributed by atoms with van der Waals surface area (Å²) in [4.78, 5) is 65.3. The van der Waals surface area contributed by atoms with Crippen molar-refractivity contribution in [2.24, 2.45) is 44.9 Å². The number of benzene rings is 12. The molecular formula is C102H87Fe3N15O12. The summed E-state index contributed by atoms with van der Waals surface area (Å²) in [5, 5.41) is 90.4. The average molecular weight is 1880 g/mol. The molecule has 666 valence electrons. The molecular weight excluding hydrogens is 1790 g/mol. The van der Waals surface area contributed by atoms with Crippen molar-refractivity contribution in [3.05, 3.63) is 377 Å². The van der Waals surface area contributed by atoms with Crippen molar-refractivity contribution in [1.82, 2.24) is 29.9 Å². The molecule has 0 atom stereocenters. The van der Waals surface area contributed by atoms with E-state index < -0.39 is 0 Å². The Hall–Kier alpha value is -15.9. The predicted octanol–water partition coefficient (Wildman–Crippen LogP) is 18.8. The van der Waals surface area contributed by atoms with Crippen molar-refractivity contribution < 1.29 is 111 Å². The Morgan fingerprint density at radius 1 is 0.212 bits per heavy atom. The van der Waals surface area contributed by atoms with Crippen LogP contribution in [0.1, 0.15) is 66.8 Å². The first-order chi connectivity index (χ1) is 63.2. The van der Waals surface area contributed by atoms with E-state index in [9.17, 15) is 46.0 Å². The van der Waals surface area contributed by atoms with Gasteiger partial charge in [-0.15, -0.1) is 15.0 Å². The molecule has 0 saturated carbocycles. The van der Waals surface area contributed by atoms with Crippen LogP contribution in [0, 0.1) is 0 Å². The summed E-state index contributed by atoms with van der Waals surface area (Å²) in [7, 11) is 0. The molecule has 27 nitrogen and oxygen atoms in total. The molecule has 4 heterocycles. The number of hydrogen-bond acceptors (Lipinski definition) is 27. The predicted molar refractivity (Wildman–Crippen MR) is 507 cm³/mol. The smallest absolute Gasteiger partial charge is 0.331 e. The minimum atomic E-state index is -0.0642. The van der Waals surface area contributed by atoms with Gasteiger partial charge in [-0.1, -0.05) is 109 Å². The van der Waals surface area contributed by atoms with Gasteiger partial charge < -0.3 is 60.2 Å². The number of rotatable bonds is 30. The number of aromatic nitrogens is 6. The van der Waals surface area contributed by atoms with Gasteiger partial charge in [0.05, 0.1) is 58.9 Å². The molecule has 9 N–H and O–H groups in total. The first kappa shape index (κ1) is 98.2. The molecule has 4 aromatic heterocycles. The van der Waals surface area contributed by atoms with E-state index in [1.807, 2.05) is 127 Å². The second-order valence-electron chi connectivity index (χ2n) is 28.1. The van der Waals surface area contributed by atoms with Gasteiger partial charge in [-0.05, 0) is 215 Å². The van der Waals surface area contributed by atoms with Crippen LogP contribution < -0.4 is 14.2 Å². The molecule has 0 aliphatic carbocycles. The van der Waals surface area contributed by atoms with Crippen LogP contribution in [0.25, 0.3) is 32.7 Å². The Bertz CT molecular complexity index is 5940. The molecule has 0 radical (unpaired) electrons. The van der Waals surface area contributed by atoms with Gasteiger partial charge in [-0.3, -0.25) is 59.9 Å². The Morgan fingerprint density at radius 3 is 0.636 bits per heavy atom. The van der Waals surface area contributed by atoms with Gasteiger partial charge in [-0.2, -0.15) is 0 Å². The number of pyridine rings is 3. The number of aliphatic imine (C=N–C) groups is 9. The molecule has 0 spiro atoms. The third kappa shape index (κ3) is 29.8. The molecule has 0 amide bonds. The number of phenols is 9. The monoisotopic (exact) mass is 1880 g/mol. The SMILES string of the molecule is Oc1ccc(CN=Cc2ccc(Oc3nc(Oc4ccc(C=NCc5ccc(O)c6ncccc56)cc4)nc(Oc4ccc(C=NCc5ccc(O)c6ncccc56)cc4)n3)cc2)c2cccnc12.Oc1ccccc1C=NCCN=Cc1ccccc1O.Oc1ccccc1C=NCCN=Cc1ccccc1O.Oc1ccccc1C=NCCN=Cc1ccccc1O.[Fe].[Fe].[Fe]. The van der Waals surface area contributed by atoms with Crippen LogP contribution in [-0.2, 0) is 70.8 Å². The second kappa shape index (κ2) is 51.8. The van der Waals surface area contributed by atoms with Gasteiger partial charge in [0, 0.05) is 175 Å². The molecule has 16 aromatic rings. The van der Waals surface area contributed by atoms with Gasteiger partial charge in [0.15, 0.2) is 0 Å². The van der Waals surface area contributed by atoms with Crippen LogP contribution in [0.3, 0.4) is 0 Å². The molecule has 0 fully saturated rings. The van der Waals surface area contributed by atoms with E-state index in [4.69, 9.17) is 14.2 Å². The van der Waals surface area contributed by atoms with Crippen LogP contribution in [0.5, 0.6) is 87.0 Å². The summed E-state index contributed by atoms with van der Waals surface area (Å²) >= 11 is 0. The van der Waals surface area contributed by atoms with Gasteiger partial charge in [0.1, 0.15) is 85.5 Å². The molecule has 16 rings (SSSR count). The van der Waals surface area contributed by atoms with E-state index in [2.05, 4.69) is 74.8 Å². The van der Waals surface area contributed by atoms with E-state index in [1.165, 1.54) is 0 Å². The van der Waals surface area contributed by atoms with Crippen LogP contribution in [0.2, 0.25) is 0 Å². The standard InChI is InChI=1S/C54H39N9O6.3C16H16N2O2.3Fe/c64-46-22-13-37(43-4-1-25-58-49(43)46)31-55-28-34-7-16-40(17-8-34)67-52-61-53(68-41-18-9-35(10-19-41)29-56-32-38-14-23-47(65)50-44(38)5-2-26-59-50)63-54(62-52)69-42-20-11-36(12-21-42)30-57-33-39-15-24-48(66)51-45(39)6-3-27-60-51;3*19-15-7-3-1-5-13(15)11-17-9-10-18-12-14-6-2-4-8-16(14)20;;;/h1-30,64-66H,31-33H2;3*1-8,11-12,19-20H,9-10H2;;;. The zero-order valence-corrected chi connectivity index (χ0v) is 73.8. The maximum atomic E-state index is 10.2. The van der Waals surface area contributed by atoms with Crippen LogP contribution >= 0.6 is 0 Å². The number of hydrogen-bond donors (Lipinski definition) is 9. The van der Waals surface area contributed by atoms with Gasteiger partial charge in [0.2, 0.25) is 0 Å². The topological polar surface area (TPSA) is 398 Å². The Balaban J connectivity index is 0.000000231. The molecule has 0 aliphatic rings. The first-order valence-corrected chi connectivity index (χ1v) is 40.6. The van der Waals surface area contributed by atoms with Crippen molar-refractivity contribution in [2.45, 2.75) is 19.6 Å². The van der Waals surface area contributed by atoms with Crippen molar-refractivity contribution in [3.63, 3.8) is 0 Å². The molecule has 0 bridgehead atoms. The number of para-hydroxylation sites is 6. The maximum Gasteiger partial charge on any atom is 0.331 e. The Labute approximate surface area is 791 Å². The molecule has 12 aromatic carbocycles. The van der Waals surface area contributed by atoms with Crippen LogP contribution in [0.15, 0.2) is 355 Å². The van der Waals surface area contributed by atoms with Crippen molar-refractivity contribution in [1.29, 1.82) is 0 Å². The summed E-state index contributed by atoms with van der Waals surface area (Å²) in [6.07, 6.45) is 20.0. The largest absolute Gasteiger partial charge is 0.507 e. The van der Waals surface area contributed by atoms with Crippen molar-refractivity contribution >= 4 is 88.6 Å². The van der Waals surface area contributed by atoms with E-state index in [-0.39, 0.29) is 121 Å². The minimum Gasteiger partial charge on any atom is -0.507 e. The zero-order chi connectivity index (χ0) is 89.6. The van der Waals surface area contributed by atoms with Gasteiger partial charge in [-0.25, -0.2) is 0 Å². The number of fused-ring (bicyclic) bond motifs is 3. The molecule has 132 heavy (non-hydrogen) atoms. The Kier molecular flexibility index (Phi) is 38.5. The molecule has 0 saturated heterocycles. The minimum absolute atomic E-state index is 0. The third-order valence-corrected chi connectivity index (χ3v) is 18.9. The quantitative estimate of drug-likeness (QED) is 0.0115. The third-order valence-electron chi connectivity index (χ3n) is 18.9. The summed E-state index contributed by atoms with van der Waals surface area (Å²) in [5.74, 6) is 3.03. The maximum absolute atomic E-state index is 10.2. The van der Waals surface area contributed by atoms with E-state index in [0.29, 0.717) is 126 Å². The fourth-order valence-corrected chi connectivity index (χ4v) is 12.4. The summed E-state index contributed by atoms with van der Waals surface area (Å²) in [6, 6.07) is 85.4. The number of ether oxygens (including phenoxy) is 3. The number of phenolic OH excluding ortho intramolecular Hbond substituents is 9. The van der Waals surface area contributed by atoms with Crippen molar-refractivity contribution in [3.8, 4) is 87.0 Å².